The van der Waals surface area contributed by atoms with E-state index in [-0.39, 0.29) is 17.4 Å². The van der Waals surface area contributed by atoms with Crippen LogP contribution in [0.3, 0.4) is 0 Å². The van der Waals surface area contributed by atoms with Gasteiger partial charge in [-0.15, -0.1) is 0 Å². The number of ether oxygens (including phenoxy) is 2. The van der Waals surface area contributed by atoms with Gasteiger partial charge in [-0.3, -0.25) is 4.79 Å². The fourth-order valence-corrected chi connectivity index (χ4v) is 4.75. The molecule has 1 saturated heterocycles. The molecule has 162 valence electrons. The van der Waals surface area contributed by atoms with E-state index in [1.165, 1.54) is 10.4 Å². The van der Waals surface area contributed by atoms with Gasteiger partial charge in [0.25, 0.3) is 5.91 Å². The van der Waals surface area contributed by atoms with Crippen LogP contribution in [-0.4, -0.2) is 44.9 Å². The van der Waals surface area contributed by atoms with E-state index in [0.717, 1.165) is 31.4 Å². The number of piperidine rings is 1. The molecule has 1 N–H and O–H groups in total. The third kappa shape index (κ3) is 5.96. The predicted molar refractivity (Wildman–Crippen MR) is 115 cm³/mol. The SMILES string of the molecule is CCCOc1ccc(OCC(=O)Nc2cccc(S(=O)(=O)N3CCCCC3)c2)cc1. The first-order valence-electron chi connectivity index (χ1n) is 10.2. The molecular weight excluding hydrogens is 404 g/mol. The number of anilines is 1. The second kappa shape index (κ2) is 10.4. The van der Waals surface area contributed by atoms with Gasteiger partial charge in [0.2, 0.25) is 10.0 Å². The molecule has 1 heterocycles. The molecule has 2 aromatic carbocycles. The molecule has 0 bridgehead atoms. The summed E-state index contributed by atoms with van der Waals surface area (Å²) >= 11 is 0. The summed E-state index contributed by atoms with van der Waals surface area (Å²) in [7, 11) is -3.55. The molecule has 30 heavy (non-hydrogen) atoms. The van der Waals surface area contributed by atoms with Gasteiger partial charge in [0.15, 0.2) is 6.61 Å². The molecule has 3 rings (SSSR count). The lowest BCUT2D eigenvalue weighted by atomic mass is 10.2. The highest BCUT2D eigenvalue weighted by Gasteiger charge is 2.26. The number of carbonyl (C=O) groups is 1. The van der Waals surface area contributed by atoms with E-state index in [2.05, 4.69) is 5.32 Å². The summed E-state index contributed by atoms with van der Waals surface area (Å²) in [6.07, 6.45) is 3.73. The highest BCUT2D eigenvalue weighted by atomic mass is 32.2. The minimum atomic E-state index is -3.55. The number of sulfonamides is 1. The van der Waals surface area contributed by atoms with Gasteiger partial charge in [-0.1, -0.05) is 19.4 Å². The summed E-state index contributed by atoms with van der Waals surface area (Å²) in [5, 5.41) is 2.70. The summed E-state index contributed by atoms with van der Waals surface area (Å²) in [5.41, 5.74) is 0.421. The van der Waals surface area contributed by atoms with Crippen molar-refractivity contribution in [1.82, 2.24) is 4.31 Å². The first kappa shape index (κ1) is 22.1. The zero-order chi connectivity index (χ0) is 21.4. The van der Waals surface area contributed by atoms with Crippen LogP contribution in [0.5, 0.6) is 11.5 Å². The third-order valence-corrected chi connectivity index (χ3v) is 6.63. The second-order valence-corrected chi connectivity index (χ2v) is 9.09. The average Bonchev–Trinajstić information content (AvgIpc) is 2.78. The highest BCUT2D eigenvalue weighted by Crippen LogP contribution is 2.23. The molecule has 0 saturated carbocycles. The molecule has 0 spiro atoms. The van der Waals surface area contributed by atoms with Crippen LogP contribution in [0.15, 0.2) is 53.4 Å². The van der Waals surface area contributed by atoms with Gasteiger partial charge in [-0.05, 0) is 61.7 Å². The quantitative estimate of drug-likeness (QED) is 0.654. The Bertz CT molecular complexity index is 938. The van der Waals surface area contributed by atoms with E-state index in [4.69, 9.17) is 9.47 Å². The molecule has 1 fully saturated rings. The smallest absolute Gasteiger partial charge is 0.262 e. The molecule has 0 aromatic heterocycles. The number of amides is 1. The van der Waals surface area contributed by atoms with Crippen molar-refractivity contribution in [2.75, 3.05) is 31.6 Å². The fraction of sp³-hybridized carbons (Fsp3) is 0.409. The Labute approximate surface area is 178 Å². The first-order chi connectivity index (χ1) is 14.5. The van der Waals surface area contributed by atoms with Gasteiger partial charge in [-0.2, -0.15) is 4.31 Å². The standard InChI is InChI=1S/C22H28N2O5S/c1-2-15-28-19-9-11-20(12-10-19)29-17-22(25)23-18-7-6-8-21(16-18)30(26,27)24-13-4-3-5-14-24/h6-12,16H,2-5,13-15,17H2,1H3,(H,23,25). The Morgan fingerprint density at radius 2 is 1.67 bits per heavy atom. The van der Waals surface area contributed by atoms with Crippen LogP contribution in [0.4, 0.5) is 5.69 Å². The van der Waals surface area contributed by atoms with Crippen molar-refractivity contribution in [2.45, 2.75) is 37.5 Å². The van der Waals surface area contributed by atoms with Gasteiger partial charge < -0.3 is 14.8 Å². The molecule has 0 atom stereocenters. The number of hydrogen-bond donors (Lipinski definition) is 1. The molecular formula is C22H28N2O5S. The van der Waals surface area contributed by atoms with Crippen molar-refractivity contribution in [3.05, 3.63) is 48.5 Å². The van der Waals surface area contributed by atoms with Gasteiger partial charge in [0, 0.05) is 18.8 Å². The topological polar surface area (TPSA) is 84.9 Å². The summed E-state index contributed by atoms with van der Waals surface area (Å²) < 4.78 is 38.1. The number of nitrogens with zero attached hydrogens (tertiary/aromatic N) is 1. The van der Waals surface area contributed by atoms with Crippen molar-refractivity contribution in [2.24, 2.45) is 0 Å². The van der Waals surface area contributed by atoms with Crippen molar-refractivity contribution in [1.29, 1.82) is 0 Å². The molecule has 1 amide bonds. The monoisotopic (exact) mass is 432 g/mol. The van der Waals surface area contributed by atoms with Gasteiger partial charge in [0.1, 0.15) is 11.5 Å². The second-order valence-electron chi connectivity index (χ2n) is 7.15. The Hall–Kier alpha value is -2.58. The molecule has 0 unspecified atom stereocenters. The van der Waals surface area contributed by atoms with E-state index in [1.807, 2.05) is 6.92 Å². The summed E-state index contributed by atoms with van der Waals surface area (Å²) in [6, 6.07) is 13.4. The number of benzene rings is 2. The molecule has 0 radical (unpaired) electrons. The van der Waals surface area contributed by atoms with Crippen LogP contribution in [0, 0.1) is 0 Å². The normalized spacial score (nSPS) is 14.8. The Morgan fingerprint density at radius 1 is 1.00 bits per heavy atom. The average molecular weight is 433 g/mol. The summed E-state index contributed by atoms with van der Waals surface area (Å²) in [4.78, 5) is 12.4. The van der Waals surface area contributed by atoms with Crippen molar-refractivity contribution in [3.63, 3.8) is 0 Å². The van der Waals surface area contributed by atoms with Crippen LogP contribution in [0.1, 0.15) is 32.6 Å². The van der Waals surface area contributed by atoms with Crippen LogP contribution in [0.2, 0.25) is 0 Å². The van der Waals surface area contributed by atoms with Crippen molar-refractivity contribution < 1.29 is 22.7 Å². The van der Waals surface area contributed by atoms with E-state index in [1.54, 1.807) is 42.5 Å². The maximum absolute atomic E-state index is 12.8. The van der Waals surface area contributed by atoms with E-state index in [9.17, 15) is 13.2 Å². The summed E-state index contributed by atoms with van der Waals surface area (Å²) in [6.45, 7) is 3.58. The highest BCUT2D eigenvalue weighted by molar-refractivity contribution is 7.89. The minimum absolute atomic E-state index is 0.182. The van der Waals surface area contributed by atoms with Crippen molar-refractivity contribution >= 4 is 21.6 Å². The van der Waals surface area contributed by atoms with Crippen LogP contribution >= 0.6 is 0 Å². The molecule has 1 aliphatic heterocycles. The van der Waals surface area contributed by atoms with Gasteiger partial charge >= 0.3 is 0 Å². The largest absolute Gasteiger partial charge is 0.494 e. The maximum Gasteiger partial charge on any atom is 0.262 e. The Morgan fingerprint density at radius 3 is 2.33 bits per heavy atom. The zero-order valence-electron chi connectivity index (χ0n) is 17.2. The number of nitrogens with one attached hydrogen (secondary N) is 1. The molecule has 1 aliphatic rings. The van der Waals surface area contributed by atoms with Gasteiger partial charge in [-0.25, -0.2) is 8.42 Å². The Kier molecular flexibility index (Phi) is 7.70. The molecule has 0 aliphatic carbocycles. The number of rotatable bonds is 9. The minimum Gasteiger partial charge on any atom is -0.494 e. The third-order valence-electron chi connectivity index (χ3n) is 4.74. The predicted octanol–water partition coefficient (Wildman–Crippen LogP) is 3.67. The van der Waals surface area contributed by atoms with Gasteiger partial charge in [0.05, 0.1) is 11.5 Å². The Balaban J connectivity index is 1.56. The lowest BCUT2D eigenvalue weighted by Crippen LogP contribution is -2.35. The van der Waals surface area contributed by atoms with E-state index >= 15 is 0 Å². The van der Waals surface area contributed by atoms with E-state index < -0.39 is 10.0 Å². The van der Waals surface area contributed by atoms with Crippen LogP contribution in [-0.2, 0) is 14.8 Å². The van der Waals surface area contributed by atoms with E-state index in [0.29, 0.717) is 31.1 Å². The van der Waals surface area contributed by atoms with Crippen LogP contribution in [0.25, 0.3) is 0 Å². The molecule has 8 heteroatoms. The van der Waals surface area contributed by atoms with Crippen molar-refractivity contribution in [3.8, 4) is 11.5 Å². The maximum atomic E-state index is 12.8. The molecule has 7 nitrogen and oxygen atoms in total. The molecule has 2 aromatic rings. The number of carbonyl (C=O) groups excluding carboxylic acids is 1. The lowest BCUT2D eigenvalue weighted by Gasteiger charge is -2.26. The fourth-order valence-electron chi connectivity index (χ4n) is 3.19. The first-order valence-corrected chi connectivity index (χ1v) is 11.7. The lowest BCUT2D eigenvalue weighted by molar-refractivity contribution is -0.118. The zero-order valence-corrected chi connectivity index (χ0v) is 18.0. The van der Waals surface area contributed by atoms with Crippen LogP contribution < -0.4 is 14.8 Å². The summed E-state index contributed by atoms with van der Waals surface area (Å²) in [5.74, 6) is 0.935. The number of hydrogen-bond acceptors (Lipinski definition) is 5.